The molecule has 3 rings (SSSR count). The van der Waals surface area contributed by atoms with Gasteiger partial charge >= 0.3 is 5.97 Å². The minimum absolute atomic E-state index is 0.146. The Bertz CT molecular complexity index is 776. The molecule has 3 nitrogen and oxygen atoms in total. The van der Waals surface area contributed by atoms with Crippen LogP contribution in [-0.2, 0) is 9.53 Å². The van der Waals surface area contributed by atoms with Gasteiger partial charge in [0.05, 0.1) is 20.6 Å². The Labute approximate surface area is 136 Å². The Balaban J connectivity index is 1.97. The molecule has 0 N–H and O–H groups in total. The molecule has 0 amide bonds. The van der Waals surface area contributed by atoms with Gasteiger partial charge in [0.25, 0.3) is 0 Å². The Kier molecular flexibility index (Phi) is 4.12. The third kappa shape index (κ3) is 2.96. The summed E-state index contributed by atoms with van der Waals surface area (Å²) in [6.45, 7) is 2.15. The highest BCUT2D eigenvalue weighted by Gasteiger charge is 2.35. The molecule has 1 aliphatic rings. The Morgan fingerprint density at radius 2 is 1.87 bits per heavy atom. The van der Waals surface area contributed by atoms with Crippen molar-refractivity contribution in [1.82, 2.24) is 0 Å². The predicted octanol–water partition coefficient (Wildman–Crippen LogP) is 4.60. The molecule has 0 fully saturated rings. The molecule has 0 heterocycles. The number of rotatable bonds is 4. The molecule has 0 saturated carbocycles. The SMILES string of the molecule is COC(=O)CC1(C)CCC=C1c1ccc2cc(OC)ccc2c1. The fourth-order valence-corrected chi connectivity index (χ4v) is 3.48. The van der Waals surface area contributed by atoms with Crippen molar-refractivity contribution in [3.05, 3.63) is 48.0 Å². The van der Waals surface area contributed by atoms with Crippen LogP contribution in [0.5, 0.6) is 5.75 Å². The second-order valence-electron chi connectivity index (χ2n) is 6.40. The monoisotopic (exact) mass is 310 g/mol. The van der Waals surface area contributed by atoms with E-state index in [0.29, 0.717) is 6.42 Å². The van der Waals surface area contributed by atoms with Gasteiger partial charge in [0.1, 0.15) is 5.75 Å². The zero-order valence-corrected chi connectivity index (χ0v) is 13.9. The maximum Gasteiger partial charge on any atom is 0.306 e. The third-order valence-electron chi connectivity index (χ3n) is 4.82. The molecule has 2 aromatic carbocycles. The molecular weight excluding hydrogens is 288 g/mol. The molecule has 1 unspecified atom stereocenters. The Morgan fingerprint density at radius 3 is 2.61 bits per heavy atom. The van der Waals surface area contributed by atoms with E-state index in [4.69, 9.17) is 9.47 Å². The lowest BCUT2D eigenvalue weighted by Gasteiger charge is -2.27. The number of carbonyl (C=O) groups is 1. The largest absolute Gasteiger partial charge is 0.497 e. The lowest BCUT2D eigenvalue weighted by molar-refractivity contribution is -0.142. The van der Waals surface area contributed by atoms with Gasteiger partial charge in [0, 0.05) is 5.41 Å². The van der Waals surface area contributed by atoms with E-state index in [-0.39, 0.29) is 11.4 Å². The Hall–Kier alpha value is -2.29. The van der Waals surface area contributed by atoms with E-state index < -0.39 is 0 Å². The second kappa shape index (κ2) is 6.07. The van der Waals surface area contributed by atoms with Crippen LogP contribution in [0.1, 0.15) is 31.7 Å². The predicted molar refractivity (Wildman–Crippen MR) is 92.5 cm³/mol. The van der Waals surface area contributed by atoms with Crippen LogP contribution in [0.25, 0.3) is 16.3 Å². The molecule has 120 valence electrons. The number of hydrogen-bond donors (Lipinski definition) is 0. The highest BCUT2D eigenvalue weighted by Crippen LogP contribution is 2.47. The first kappa shape index (κ1) is 15.6. The van der Waals surface area contributed by atoms with Gasteiger partial charge in [0.15, 0.2) is 0 Å². The molecule has 0 radical (unpaired) electrons. The van der Waals surface area contributed by atoms with E-state index in [1.807, 2.05) is 12.1 Å². The standard InChI is InChI=1S/C20H22O3/c1-20(13-19(21)23-3)10-4-5-18(20)16-7-6-15-12-17(22-2)9-8-14(15)11-16/h5-9,11-12H,4,10,13H2,1-3H3. The van der Waals surface area contributed by atoms with Crippen molar-refractivity contribution in [2.75, 3.05) is 14.2 Å². The van der Waals surface area contributed by atoms with Gasteiger partial charge in [-0.25, -0.2) is 0 Å². The number of hydrogen-bond acceptors (Lipinski definition) is 3. The molecule has 0 saturated heterocycles. The van der Waals surface area contributed by atoms with Crippen LogP contribution in [0, 0.1) is 5.41 Å². The second-order valence-corrected chi connectivity index (χ2v) is 6.40. The lowest BCUT2D eigenvalue weighted by Crippen LogP contribution is -2.20. The maximum atomic E-state index is 11.8. The van der Waals surface area contributed by atoms with Gasteiger partial charge in [-0.05, 0) is 52.9 Å². The maximum absolute atomic E-state index is 11.8. The summed E-state index contributed by atoms with van der Waals surface area (Å²) in [4.78, 5) is 11.8. The van der Waals surface area contributed by atoms with Crippen molar-refractivity contribution in [2.24, 2.45) is 5.41 Å². The molecule has 0 spiro atoms. The summed E-state index contributed by atoms with van der Waals surface area (Å²) < 4.78 is 10.2. The smallest absolute Gasteiger partial charge is 0.306 e. The number of benzene rings is 2. The molecule has 2 aromatic rings. The van der Waals surface area contributed by atoms with E-state index in [0.717, 1.165) is 24.0 Å². The molecule has 23 heavy (non-hydrogen) atoms. The average molecular weight is 310 g/mol. The number of esters is 1. The van der Waals surface area contributed by atoms with Gasteiger partial charge in [0.2, 0.25) is 0 Å². The summed E-state index contributed by atoms with van der Waals surface area (Å²) >= 11 is 0. The quantitative estimate of drug-likeness (QED) is 0.775. The van der Waals surface area contributed by atoms with Crippen molar-refractivity contribution in [2.45, 2.75) is 26.2 Å². The number of methoxy groups -OCH3 is 2. The molecular formula is C20H22O3. The minimum Gasteiger partial charge on any atom is -0.497 e. The summed E-state index contributed by atoms with van der Waals surface area (Å²) in [5, 5.41) is 2.33. The first-order valence-corrected chi connectivity index (χ1v) is 7.91. The summed E-state index contributed by atoms with van der Waals surface area (Å²) in [6, 6.07) is 12.5. The van der Waals surface area contributed by atoms with Gasteiger partial charge < -0.3 is 9.47 Å². The van der Waals surface area contributed by atoms with Gasteiger partial charge in [-0.1, -0.05) is 31.2 Å². The first-order valence-electron chi connectivity index (χ1n) is 7.91. The van der Waals surface area contributed by atoms with Gasteiger partial charge in [-0.2, -0.15) is 0 Å². The minimum atomic E-state index is -0.147. The normalized spacial score (nSPS) is 20.4. The van der Waals surface area contributed by atoms with Crippen LogP contribution < -0.4 is 4.74 Å². The zero-order chi connectivity index (χ0) is 16.4. The highest BCUT2D eigenvalue weighted by molar-refractivity contribution is 5.89. The number of carbonyl (C=O) groups excluding carboxylic acids is 1. The number of allylic oxidation sites excluding steroid dienone is 2. The van der Waals surface area contributed by atoms with Gasteiger partial charge in [-0.3, -0.25) is 4.79 Å². The zero-order valence-electron chi connectivity index (χ0n) is 13.9. The van der Waals surface area contributed by atoms with Crippen LogP contribution in [-0.4, -0.2) is 20.2 Å². The fraction of sp³-hybridized carbons (Fsp3) is 0.350. The van der Waals surface area contributed by atoms with E-state index in [1.165, 1.54) is 23.6 Å². The van der Waals surface area contributed by atoms with E-state index in [9.17, 15) is 4.79 Å². The molecule has 0 bridgehead atoms. The summed E-state index contributed by atoms with van der Waals surface area (Å²) in [5.74, 6) is 0.715. The van der Waals surface area contributed by atoms with Crippen LogP contribution in [0.15, 0.2) is 42.5 Å². The summed E-state index contributed by atoms with van der Waals surface area (Å²) in [6.07, 6.45) is 4.67. The highest BCUT2D eigenvalue weighted by atomic mass is 16.5. The van der Waals surface area contributed by atoms with Crippen molar-refractivity contribution in [1.29, 1.82) is 0 Å². The Morgan fingerprint density at radius 1 is 1.13 bits per heavy atom. The van der Waals surface area contributed by atoms with Crippen molar-refractivity contribution in [3.63, 3.8) is 0 Å². The van der Waals surface area contributed by atoms with Crippen LogP contribution >= 0.6 is 0 Å². The molecule has 1 atom stereocenters. The van der Waals surface area contributed by atoms with Crippen molar-refractivity contribution in [3.8, 4) is 5.75 Å². The fourth-order valence-electron chi connectivity index (χ4n) is 3.48. The summed E-state index contributed by atoms with van der Waals surface area (Å²) in [7, 11) is 3.13. The van der Waals surface area contributed by atoms with Crippen LogP contribution in [0.3, 0.4) is 0 Å². The molecule has 1 aliphatic carbocycles. The average Bonchev–Trinajstić information content (AvgIpc) is 2.94. The van der Waals surface area contributed by atoms with Crippen molar-refractivity contribution < 1.29 is 14.3 Å². The van der Waals surface area contributed by atoms with Crippen LogP contribution in [0.4, 0.5) is 0 Å². The molecule has 0 aromatic heterocycles. The topological polar surface area (TPSA) is 35.5 Å². The van der Waals surface area contributed by atoms with E-state index >= 15 is 0 Å². The van der Waals surface area contributed by atoms with E-state index in [2.05, 4.69) is 37.3 Å². The number of fused-ring (bicyclic) bond motifs is 1. The summed E-state index contributed by atoms with van der Waals surface area (Å²) in [5.41, 5.74) is 2.29. The van der Waals surface area contributed by atoms with E-state index in [1.54, 1.807) is 7.11 Å². The van der Waals surface area contributed by atoms with Crippen LogP contribution in [0.2, 0.25) is 0 Å². The molecule has 0 aliphatic heterocycles. The van der Waals surface area contributed by atoms with Gasteiger partial charge in [-0.15, -0.1) is 0 Å². The first-order chi connectivity index (χ1) is 11.1. The third-order valence-corrected chi connectivity index (χ3v) is 4.82. The lowest BCUT2D eigenvalue weighted by atomic mass is 9.77. The van der Waals surface area contributed by atoms with Crippen molar-refractivity contribution >= 4 is 22.3 Å². The molecule has 3 heteroatoms. The number of ether oxygens (including phenoxy) is 2.